The number of rotatable bonds is 3. The summed E-state index contributed by atoms with van der Waals surface area (Å²) >= 11 is 1.18. The first-order valence-corrected chi connectivity index (χ1v) is 7.90. The number of nitrogens with zero attached hydrogens (tertiary/aromatic N) is 1. The van der Waals surface area contributed by atoms with Gasteiger partial charge >= 0.3 is 0 Å². The first-order chi connectivity index (χ1) is 7.50. The second-order valence-corrected chi connectivity index (χ2v) is 8.24. The van der Waals surface area contributed by atoms with Gasteiger partial charge in [-0.15, -0.1) is 11.3 Å². The van der Waals surface area contributed by atoms with Crippen LogP contribution in [0.4, 0.5) is 0 Å². The number of hydrogen-bond donors (Lipinski definition) is 2. The van der Waals surface area contributed by atoms with E-state index in [0.29, 0.717) is 15.6 Å². The second-order valence-electron chi connectivity index (χ2n) is 5.02. The maximum Gasteiger partial charge on any atom is 0.153 e. The monoisotopic (exact) mass is 275 g/mol. The van der Waals surface area contributed by atoms with E-state index < -0.39 is 9.84 Å². The van der Waals surface area contributed by atoms with Gasteiger partial charge in [-0.2, -0.15) is 0 Å². The van der Waals surface area contributed by atoms with Crippen molar-refractivity contribution in [3.63, 3.8) is 0 Å². The van der Waals surface area contributed by atoms with E-state index in [9.17, 15) is 8.42 Å². The van der Waals surface area contributed by atoms with Crippen molar-refractivity contribution in [3.05, 3.63) is 15.6 Å². The Kier molecular flexibility index (Phi) is 3.63. The summed E-state index contributed by atoms with van der Waals surface area (Å²) in [4.78, 5) is 4.87. The van der Waals surface area contributed by atoms with Gasteiger partial charge in [0.2, 0.25) is 0 Å². The van der Waals surface area contributed by atoms with E-state index in [1.807, 2.05) is 20.8 Å². The van der Waals surface area contributed by atoms with Crippen molar-refractivity contribution >= 4 is 27.0 Å². The van der Waals surface area contributed by atoms with Gasteiger partial charge in [-0.25, -0.2) is 13.4 Å². The molecule has 1 aromatic heterocycles. The Labute approximate surface area is 105 Å². The molecule has 0 aliphatic heterocycles. The van der Waals surface area contributed by atoms with E-state index in [0.717, 1.165) is 0 Å². The van der Waals surface area contributed by atoms with E-state index in [4.69, 9.17) is 11.1 Å². The van der Waals surface area contributed by atoms with Crippen molar-refractivity contribution in [2.75, 3.05) is 6.26 Å². The highest BCUT2D eigenvalue weighted by Crippen LogP contribution is 2.29. The van der Waals surface area contributed by atoms with Gasteiger partial charge in [0.05, 0.1) is 10.6 Å². The van der Waals surface area contributed by atoms with Crippen LogP contribution in [0.2, 0.25) is 0 Å². The third-order valence-electron chi connectivity index (χ3n) is 2.01. The lowest BCUT2D eigenvalue weighted by Gasteiger charge is -2.16. The summed E-state index contributed by atoms with van der Waals surface area (Å²) in [6.07, 6.45) is 1.17. The zero-order chi connectivity index (χ0) is 13.4. The Morgan fingerprint density at radius 1 is 1.47 bits per heavy atom. The van der Waals surface area contributed by atoms with Gasteiger partial charge in [-0.1, -0.05) is 20.8 Å². The highest BCUT2D eigenvalue weighted by molar-refractivity contribution is 7.90. The van der Waals surface area contributed by atoms with E-state index in [1.54, 1.807) is 0 Å². The van der Waals surface area contributed by atoms with Gasteiger partial charge in [0.1, 0.15) is 16.6 Å². The Bertz CT molecular complexity index is 538. The summed E-state index contributed by atoms with van der Waals surface area (Å²) in [6, 6.07) is 0. The minimum absolute atomic E-state index is 0.0628. The second kappa shape index (κ2) is 4.38. The molecule has 0 bridgehead atoms. The molecule has 96 valence electrons. The molecule has 0 aromatic carbocycles. The number of hydrogen-bond acceptors (Lipinski definition) is 5. The minimum atomic E-state index is -3.12. The maximum atomic E-state index is 11.2. The predicted octanol–water partition coefficient (Wildman–Crippen LogP) is 1.27. The number of nitrogen functional groups attached to an aromatic ring is 1. The highest BCUT2D eigenvalue weighted by atomic mass is 32.2. The van der Waals surface area contributed by atoms with Gasteiger partial charge < -0.3 is 5.73 Å². The molecule has 1 heterocycles. The normalized spacial score (nSPS) is 12.7. The molecule has 0 fully saturated rings. The van der Waals surface area contributed by atoms with Gasteiger partial charge in [0.25, 0.3) is 0 Å². The van der Waals surface area contributed by atoms with Gasteiger partial charge in [0.15, 0.2) is 9.84 Å². The molecule has 0 aliphatic carbocycles. The van der Waals surface area contributed by atoms with Crippen LogP contribution in [0, 0.1) is 5.41 Å². The predicted molar refractivity (Wildman–Crippen MR) is 70.4 cm³/mol. The van der Waals surface area contributed by atoms with Crippen LogP contribution in [-0.2, 0) is 21.0 Å². The largest absolute Gasteiger partial charge is 0.383 e. The van der Waals surface area contributed by atoms with Crippen molar-refractivity contribution < 1.29 is 8.42 Å². The van der Waals surface area contributed by atoms with Gasteiger partial charge in [-0.3, -0.25) is 5.41 Å². The van der Waals surface area contributed by atoms with Crippen LogP contribution in [0.3, 0.4) is 0 Å². The fourth-order valence-electron chi connectivity index (χ4n) is 1.34. The molecule has 17 heavy (non-hydrogen) atoms. The Balaban J connectivity index is 3.27. The van der Waals surface area contributed by atoms with Crippen LogP contribution in [-0.4, -0.2) is 25.5 Å². The SMILES string of the molecule is CC(C)(C)c1nc(CS(C)(=O)=O)sc1C(=N)N. The van der Waals surface area contributed by atoms with Crippen LogP contribution in [0.5, 0.6) is 0 Å². The maximum absolute atomic E-state index is 11.2. The number of thiazole rings is 1. The van der Waals surface area contributed by atoms with Crippen LogP contribution < -0.4 is 5.73 Å². The van der Waals surface area contributed by atoms with Crippen LogP contribution in [0.25, 0.3) is 0 Å². The van der Waals surface area contributed by atoms with Crippen molar-refractivity contribution in [2.24, 2.45) is 5.73 Å². The molecule has 0 radical (unpaired) electrons. The molecule has 0 saturated heterocycles. The van der Waals surface area contributed by atoms with E-state index in [-0.39, 0.29) is 17.0 Å². The number of nitrogens with two attached hydrogens (primary N) is 1. The third-order valence-corrected chi connectivity index (χ3v) is 4.08. The average molecular weight is 275 g/mol. The van der Waals surface area contributed by atoms with Crippen molar-refractivity contribution in [1.29, 1.82) is 5.41 Å². The fraction of sp³-hybridized carbons (Fsp3) is 0.600. The van der Waals surface area contributed by atoms with E-state index in [2.05, 4.69) is 4.98 Å². The zero-order valence-corrected chi connectivity index (χ0v) is 12.0. The topological polar surface area (TPSA) is 96.9 Å². The minimum Gasteiger partial charge on any atom is -0.383 e. The molecule has 0 spiro atoms. The summed E-state index contributed by atoms with van der Waals surface area (Å²) in [5.41, 5.74) is 5.92. The average Bonchev–Trinajstić information content (AvgIpc) is 2.43. The summed E-state index contributed by atoms with van der Waals surface area (Å²) in [5.74, 6) is -0.166. The van der Waals surface area contributed by atoms with Crippen LogP contribution in [0.15, 0.2) is 0 Å². The zero-order valence-electron chi connectivity index (χ0n) is 10.4. The van der Waals surface area contributed by atoms with Gasteiger partial charge in [-0.05, 0) is 0 Å². The Morgan fingerprint density at radius 2 is 2.00 bits per heavy atom. The lowest BCUT2D eigenvalue weighted by atomic mass is 9.91. The van der Waals surface area contributed by atoms with E-state index in [1.165, 1.54) is 17.6 Å². The lowest BCUT2D eigenvalue weighted by Crippen LogP contribution is -2.19. The van der Waals surface area contributed by atoms with Crippen LogP contribution >= 0.6 is 11.3 Å². The van der Waals surface area contributed by atoms with E-state index >= 15 is 0 Å². The molecular formula is C10H17N3O2S2. The van der Waals surface area contributed by atoms with Crippen molar-refractivity contribution in [2.45, 2.75) is 31.9 Å². The summed E-state index contributed by atoms with van der Waals surface area (Å²) < 4.78 is 22.4. The van der Waals surface area contributed by atoms with Crippen molar-refractivity contribution in [1.82, 2.24) is 4.98 Å². The molecule has 7 heteroatoms. The molecule has 0 saturated carbocycles. The van der Waals surface area contributed by atoms with Crippen LogP contribution in [0.1, 0.15) is 36.3 Å². The summed E-state index contributed by atoms with van der Waals surface area (Å²) in [5, 5.41) is 7.99. The third kappa shape index (κ3) is 3.78. The number of aromatic nitrogens is 1. The fourth-order valence-corrected chi connectivity index (χ4v) is 3.66. The molecule has 1 aromatic rings. The Morgan fingerprint density at radius 3 is 2.29 bits per heavy atom. The molecule has 0 amide bonds. The van der Waals surface area contributed by atoms with Crippen molar-refractivity contribution in [3.8, 4) is 0 Å². The molecule has 0 aliphatic rings. The smallest absolute Gasteiger partial charge is 0.153 e. The number of nitrogens with one attached hydrogen (secondary N) is 1. The molecular weight excluding hydrogens is 258 g/mol. The summed E-state index contributed by atoms with van der Waals surface area (Å²) in [7, 11) is -3.12. The van der Waals surface area contributed by atoms with Gasteiger partial charge in [0, 0.05) is 11.7 Å². The Hall–Kier alpha value is -0.950. The first-order valence-electron chi connectivity index (χ1n) is 5.03. The summed E-state index contributed by atoms with van der Waals surface area (Å²) in [6.45, 7) is 5.87. The molecule has 5 nitrogen and oxygen atoms in total. The molecule has 0 atom stereocenters. The first kappa shape index (κ1) is 14.1. The lowest BCUT2D eigenvalue weighted by molar-refractivity contribution is 0.569. The number of sulfone groups is 1. The number of amidine groups is 1. The standard InChI is InChI=1S/C10H17N3O2S2/c1-10(2,3)8-7(9(11)12)16-6(13-8)5-17(4,14)15/h5H2,1-4H3,(H3,11,12). The molecule has 3 N–H and O–H groups in total. The quantitative estimate of drug-likeness (QED) is 0.641. The molecule has 0 unspecified atom stereocenters. The molecule has 1 rings (SSSR count). The highest BCUT2D eigenvalue weighted by Gasteiger charge is 2.25.